The van der Waals surface area contributed by atoms with E-state index in [1.54, 1.807) is 0 Å². The summed E-state index contributed by atoms with van der Waals surface area (Å²) in [6.07, 6.45) is 8.29. The molecule has 3 saturated carbocycles. The van der Waals surface area contributed by atoms with Crippen molar-refractivity contribution in [2.24, 2.45) is 17.6 Å². The van der Waals surface area contributed by atoms with E-state index in [1.165, 1.54) is 32.1 Å². The van der Waals surface area contributed by atoms with Gasteiger partial charge in [-0.15, -0.1) is 0 Å². The van der Waals surface area contributed by atoms with Gasteiger partial charge in [0.15, 0.2) is 0 Å². The summed E-state index contributed by atoms with van der Waals surface area (Å²) in [7, 11) is 0. The number of amides is 1. The lowest BCUT2D eigenvalue weighted by atomic mass is 9.97. The first-order valence-corrected chi connectivity index (χ1v) is 6.29. The molecule has 0 unspecified atom stereocenters. The summed E-state index contributed by atoms with van der Waals surface area (Å²) in [5.74, 6) is 1.76. The minimum Gasteiger partial charge on any atom is -0.351 e. The van der Waals surface area contributed by atoms with E-state index in [0.29, 0.717) is 6.04 Å². The Morgan fingerprint density at radius 2 is 2.00 bits per heavy atom. The van der Waals surface area contributed by atoms with Crippen LogP contribution in [0, 0.1) is 11.8 Å². The predicted molar refractivity (Wildman–Crippen MR) is 58.1 cm³/mol. The summed E-state index contributed by atoms with van der Waals surface area (Å²) >= 11 is 0. The molecule has 0 heterocycles. The number of nitrogens with two attached hydrogens (primary N) is 1. The van der Waals surface area contributed by atoms with Crippen molar-refractivity contribution in [2.75, 3.05) is 0 Å². The second-order valence-corrected chi connectivity index (χ2v) is 5.67. The number of fused-ring (bicyclic) bond motifs is 1. The zero-order valence-electron chi connectivity index (χ0n) is 9.17. The first kappa shape index (κ1) is 9.64. The molecule has 3 N–H and O–H groups in total. The number of carbonyl (C=O) groups excluding carboxylic acids is 1. The highest BCUT2D eigenvalue weighted by Gasteiger charge is 2.48. The second kappa shape index (κ2) is 3.21. The van der Waals surface area contributed by atoms with Crippen LogP contribution in [0.15, 0.2) is 0 Å². The molecule has 3 aliphatic rings. The highest BCUT2D eigenvalue weighted by molar-refractivity contribution is 5.89. The van der Waals surface area contributed by atoms with E-state index in [-0.39, 0.29) is 5.91 Å². The molecule has 3 aliphatic carbocycles. The van der Waals surface area contributed by atoms with Gasteiger partial charge in [0.25, 0.3) is 0 Å². The molecule has 0 aliphatic heterocycles. The van der Waals surface area contributed by atoms with E-state index < -0.39 is 5.54 Å². The lowest BCUT2D eigenvalue weighted by Gasteiger charge is -2.21. The fourth-order valence-electron chi connectivity index (χ4n) is 3.41. The number of hydrogen-bond acceptors (Lipinski definition) is 2. The number of carbonyl (C=O) groups is 1. The SMILES string of the molecule is NC1(C(=O)N[C@H]2CC[C@@H]3CCC[C@@H]32)CC1. The van der Waals surface area contributed by atoms with Gasteiger partial charge in [0.2, 0.25) is 5.91 Å². The predicted octanol–water partition coefficient (Wildman–Crippen LogP) is 1.17. The quantitative estimate of drug-likeness (QED) is 0.716. The van der Waals surface area contributed by atoms with Gasteiger partial charge in [0.1, 0.15) is 0 Å². The summed E-state index contributed by atoms with van der Waals surface area (Å²) < 4.78 is 0. The average molecular weight is 208 g/mol. The van der Waals surface area contributed by atoms with Crippen molar-refractivity contribution >= 4 is 5.91 Å². The lowest BCUT2D eigenvalue weighted by molar-refractivity contribution is -0.124. The van der Waals surface area contributed by atoms with E-state index in [9.17, 15) is 4.79 Å². The van der Waals surface area contributed by atoms with Gasteiger partial charge in [0.05, 0.1) is 5.54 Å². The summed E-state index contributed by atoms with van der Waals surface area (Å²) in [5.41, 5.74) is 5.40. The number of hydrogen-bond donors (Lipinski definition) is 2. The molecule has 84 valence electrons. The van der Waals surface area contributed by atoms with Crippen molar-refractivity contribution in [3.63, 3.8) is 0 Å². The van der Waals surface area contributed by atoms with Gasteiger partial charge in [-0.05, 0) is 43.9 Å². The Balaban J connectivity index is 1.61. The number of nitrogens with one attached hydrogen (secondary N) is 1. The molecule has 3 rings (SSSR count). The van der Waals surface area contributed by atoms with Crippen molar-refractivity contribution in [3.05, 3.63) is 0 Å². The molecule has 0 aromatic rings. The van der Waals surface area contributed by atoms with E-state index in [0.717, 1.165) is 24.7 Å². The van der Waals surface area contributed by atoms with Gasteiger partial charge in [-0.25, -0.2) is 0 Å². The second-order valence-electron chi connectivity index (χ2n) is 5.67. The Bertz CT molecular complexity index is 285. The molecule has 0 bridgehead atoms. The monoisotopic (exact) mass is 208 g/mol. The van der Waals surface area contributed by atoms with Crippen LogP contribution in [-0.4, -0.2) is 17.5 Å². The highest BCUT2D eigenvalue weighted by Crippen LogP contribution is 2.44. The normalized spacial score (nSPS) is 41.3. The molecule has 0 radical (unpaired) electrons. The molecule has 15 heavy (non-hydrogen) atoms. The van der Waals surface area contributed by atoms with Gasteiger partial charge in [-0.1, -0.05) is 12.8 Å². The fraction of sp³-hybridized carbons (Fsp3) is 0.917. The van der Waals surface area contributed by atoms with Crippen LogP contribution in [0.25, 0.3) is 0 Å². The molecular formula is C12H20N2O. The zero-order chi connectivity index (χ0) is 10.5. The molecule has 3 nitrogen and oxygen atoms in total. The third-order valence-corrected chi connectivity index (χ3v) is 4.64. The molecule has 0 aromatic carbocycles. The topological polar surface area (TPSA) is 55.1 Å². The third kappa shape index (κ3) is 1.57. The van der Waals surface area contributed by atoms with E-state index in [1.807, 2.05) is 0 Å². The first-order valence-electron chi connectivity index (χ1n) is 6.29. The molecular weight excluding hydrogens is 188 g/mol. The van der Waals surface area contributed by atoms with E-state index >= 15 is 0 Å². The van der Waals surface area contributed by atoms with E-state index in [4.69, 9.17) is 5.73 Å². The number of rotatable bonds is 2. The van der Waals surface area contributed by atoms with Crippen LogP contribution in [0.4, 0.5) is 0 Å². The van der Waals surface area contributed by atoms with Gasteiger partial charge >= 0.3 is 0 Å². The molecule has 0 spiro atoms. The summed E-state index contributed by atoms with van der Waals surface area (Å²) in [6.45, 7) is 0. The zero-order valence-corrected chi connectivity index (χ0v) is 9.17. The van der Waals surface area contributed by atoms with Crippen molar-refractivity contribution in [1.29, 1.82) is 0 Å². The fourth-order valence-corrected chi connectivity index (χ4v) is 3.41. The molecule has 0 saturated heterocycles. The van der Waals surface area contributed by atoms with Crippen LogP contribution in [0.5, 0.6) is 0 Å². The Kier molecular flexibility index (Phi) is 2.06. The molecule has 1 amide bonds. The van der Waals surface area contributed by atoms with Crippen LogP contribution in [-0.2, 0) is 4.79 Å². The maximum atomic E-state index is 11.8. The van der Waals surface area contributed by atoms with Crippen LogP contribution in [0.2, 0.25) is 0 Å². The average Bonchev–Trinajstić information content (AvgIpc) is 2.67. The maximum Gasteiger partial charge on any atom is 0.240 e. The highest BCUT2D eigenvalue weighted by atomic mass is 16.2. The van der Waals surface area contributed by atoms with Crippen molar-refractivity contribution in [2.45, 2.75) is 56.5 Å². The van der Waals surface area contributed by atoms with Crippen LogP contribution in [0.3, 0.4) is 0 Å². The minimum atomic E-state index is -0.489. The Labute approximate surface area is 90.8 Å². The summed E-state index contributed by atoms with van der Waals surface area (Å²) in [6, 6.07) is 0.436. The van der Waals surface area contributed by atoms with Gasteiger partial charge < -0.3 is 11.1 Å². The van der Waals surface area contributed by atoms with Gasteiger partial charge in [-0.2, -0.15) is 0 Å². The minimum absolute atomic E-state index is 0.111. The molecule has 3 fully saturated rings. The standard InChI is InChI=1S/C12H20N2O/c13-12(6-7-12)11(15)14-10-5-4-8-2-1-3-9(8)10/h8-10H,1-7,13H2,(H,14,15)/t8-,9-,10-/m0/s1. The van der Waals surface area contributed by atoms with Gasteiger partial charge in [-0.3, -0.25) is 4.79 Å². The Morgan fingerprint density at radius 3 is 2.73 bits per heavy atom. The molecule has 3 heteroatoms. The van der Waals surface area contributed by atoms with Crippen molar-refractivity contribution in [3.8, 4) is 0 Å². The van der Waals surface area contributed by atoms with Crippen LogP contribution in [0.1, 0.15) is 44.9 Å². The van der Waals surface area contributed by atoms with Crippen molar-refractivity contribution in [1.82, 2.24) is 5.32 Å². The summed E-state index contributed by atoms with van der Waals surface area (Å²) in [4.78, 5) is 11.8. The maximum absolute atomic E-state index is 11.8. The lowest BCUT2D eigenvalue weighted by Crippen LogP contribution is -2.48. The third-order valence-electron chi connectivity index (χ3n) is 4.64. The summed E-state index contributed by atoms with van der Waals surface area (Å²) in [5, 5.41) is 3.19. The van der Waals surface area contributed by atoms with Crippen molar-refractivity contribution < 1.29 is 4.79 Å². The van der Waals surface area contributed by atoms with Gasteiger partial charge in [0, 0.05) is 6.04 Å². The smallest absolute Gasteiger partial charge is 0.240 e. The first-order chi connectivity index (χ1) is 7.19. The Hall–Kier alpha value is -0.570. The molecule has 0 aromatic heterocycles. The van der Waals surface area contributed by atoms with E-state index in [2.05, 4.69) is 5.32 Å². The Morgan fingerprint density at radius 1 is 1.20 bits per heavy atom. The molecule has 3 atom stereocenters. The van der Waals surface area contributed by atoms with Crippen LogP contribution < -0.4 is 11.1 Å². The van der Waals surface area contributed by atoms with Crippen LogP contribution >= 0.6 is 0 Å². The largest absolute Gasteiger partial charge is 0.351 e.